The zero-order chi connectivity index (χ0) is 23.9. The molecule has 4 heterocycles. The number of anilines is 2. The zero-order valence-corrected chi connectivity index (χ0v) is 20.2. The van der Waals surface area contributed by atoms with Crippen molar-refractivity contribution < 1.29 is 4.74 Å². The summed E-state index contributed by atoms with van der Waals surface area (Å²) in [5.41, 5.74) is 6.97. The molecule has 180 valence electrons. The number of rotatable bonds is 4. The van der Waals surface area contributed by atoms with E-state index in [9.17, 15) is 5.26 Å². The summed E-state index contributed by atoms with van der Waals surface area (Å²) >= 11 is 0. The maximum Gasteiger partial charge on any atom is 0.0991 e. The van der Waals surface area contributed by atoms with Crippen LogP contribution in [-0.2, 0) is 11.3 Å². The first kappa shape index (κ1) is 22.3. The first-order valence-electron chi connectivity index (χ1n) is 12.6. The molecule has 4 aliphatic rings. The number of ether oxygens (including phenoxy) is 1. The Labute approximate surface area is 207 Å². The number of benzene rings is 2. The van der Waals surface area contributed by atoms with Crippen LogP contribution in [0, 0.1) is 16.7 Å². The third-order valence-electron chi connectivity index (χ3n) is 8.08. The molecule has 35 heavy (non-hydrogen) atoms. The second-order valence-electron chi connectivity index (χ2n) is 10.1. The topological polar surface area (TPSA) is 78.6 Å². The van der Waals surface area contributed by atoms with Crippen LogP contribution in [-0.4, -0.2) is 68.6 Å². The summed E-state index contributed by atoms with van der Waals surface area (Å²) in [4.78, 5) is 7.64. The summed E-state index contributed by atoms with van der Waals surface area (Å²) in [6.07, 6.45) is 5.23. The first-order valence-corrected chi connectivity index (χ1v) is 12.6. The van der Waals surface area contributed by atoms with E-state index in [1.54, 1.807) is 6.08 Å². The van der Waals surface area contributed by atoms with Gasteiger partial charge in [-0.2, -0.15) is 5.26 Å². The average Bonchev–Trinajstić information content (AvgIpc) is 3.52. The third kappa shape index (κ3) is 3.92. The number of piperazine rings is 1. The van der Waals surface area contributed by atoms with Crippen molar-refractivity contribution in [2.45, 2.75) is 37.7 Å². The van der Waals surface area contributed by atoms with E-state index in [2.05, 4.69) is 57.3 Å². The molecule has 3 saturated heterocycles. The highest BCUT2D eigenvalue weighted by atomic mass is 16.5. The van der Waals surface area contributed by atoms with Crippen LogP contribution in [0.4, 0.5) is 11.4 Å². The van der Waals surface area contributed by atoms with Gasteiger partial charge in [-0.1, -0.05) is 12.1 Å². The van der Waals surface area contributed by atoms with Crippen molar-refractivity contribution in [3.05, 3.63) is 64.7 Å². The molecule has 7 heteroatoms. The number of nitriles is 1. The quantitative estimate of drug-likeness (QED) is 0.672. The minimum atomic E-state index is 0.292. The standard InChI is InChI=1S/C28H32N6O/c1-19-16-32(25-7-4-20(13-30)11-21(25)3-2-8-29)18-27-24-6-5-23(12-22(24)17-34(19)27)33-9-10-35-28-15-31-14-26(28)33/h2-8,11-12,19,26-29,31H,9-10,14-18H2,1H3/b3-2-,29-8?/t19-,26?,27-,28?/m1/s1. The highest BCUT2D eigenvalue weighted by Gasteiger charge is 2.40. The van der Waals surface area contributed by atoms with Crippen molar-refractivity contribution in [3.63, 3.8) is 0 Å². The second kappa shape index (κ2) is 9.12. The molecule has 0 saturated carbocycles. The van der Waals surface area contributed by atoms with Gasteiger partial charge in [0.25, 0.3) is 0 Å². The van der Waals surface area contributed by atoms with Crippen LogP contribution in [0.25, 0.3) is 6.08 Å². The van der Waals surface area contributed by atoms with E-state index < -0.39 is 0 Å². The predicted molar refractivity (Wildman–Crippen MR) is 139 cm³/mol. The van der Waals surface area contributed by atoms with E-state index >= 15 is 0 Å². The van der Waals surface area contributed by atoms with Gasteiger partial charge in [-0.25, -0.2) is 0 Å². The summed E-state index contributed by atoms with van der Waals surface area (Å²) in [6, 6.07) is 16.4. The fourth-order valence-electron chi connectivity index (χ4n) is 6.40. The molecular weight excluding hydrogens is 436 g/mol. The lowest BCUT2D eigenvalue weighted by atomic mass is 9.99. The third-order valence-corrected chi connectivity index (χ3v) is 8.08. The Hall–Kier alpha value is -3.18. The van der Waals surface area contributed by atoms with Gasteiger partial charge >= 0.3 is 0 Å². The lowest BCUT2D eigenvalue weighted by Crippen LogP contribution is -2.51. The van der Waals surface area contributed by atoms with Crippen LogP contribution in [0.2, 0.25) is 0 Å². The summed E-state index contributed by atoms with van der Waals surface area (Å²) < 4.78 is 5.99. The number of hydrogen-bond acceptors (Lipinski definition) is 7. The Morgan fingerprint density at radius 1 is 1.17 bits per heavy atom. The van der Waals surface area contributed by atoms with Crippen LogP contribution in [0.15, 0.2) is 42.5 Å². The van der Waals surface area contributed by atoms with Crippen molar-refractivity contribution in [3.8, 4) is 6.07 Å². The lowest BCUT2D eigenvalue weighted by molar-refractivity contribution is 0.0350. The fraction of sp³-hybridized carbons (Fsp3) is 0.429. The highest BCUT2D eigenvalue weighted by Crippen LogP contribution is 2.42. The summed E-state index contributed by atoms with van der Waals surface area (Å²) in [5, 5.41) is 20.3. The number of morpholine rings is 1. The molecule has 2 unspecified atom stereocenters. The van der Waals surface area contributed by atoms with Gasteiger partial charge in [0.05, 0.1) is 36.4 Å². The fourth-order valence-corrected chi connectivity index (χ4v) is 6.40. The van der Waals surface area contributed by atoms with E-state index in [0.717, 1.165) is 57.1 Å². The molecule has 3 fully saturated rings. The lowest BCUT2D eigenvalue weighted by Gasteiger charge is -2.44. The van der Waals surface area contributed by atoms with Crippen molar-refractivity contribution in [2.75, 3.05) is 49.1 Å². The van der Waals surface area contributed by atoms with Crippen LogP contribution in [0.1, 0.15) is 35.2 Å². The largest absolute Gasteiger partial charge is 0.373 e. The molecule has 2 aromatic rings. The molecular formula is C28H32N6O. The molecule has 2 aromatic carbocycles. The van der Waals surface area contributed by atoms with Gasteiger partial charge in [-0.3, -0.25) is 4.90 Å². The molecule has 0 spiro atoms. The first-order chi connectivity index (χ1) is 17.2. The van der Waals surface area contributed by atoms with E-state index in [1.165, 1.54) is 23.0 Å². The molecule has 7 nitrogen and oxygen atoms in total. The van der Waals surface area contributed by atoms with Crippen LogP contribution in [0.5, 0.6) is 0 Å². The van der Waals surface area contributed by atoms with E-state index in [1.807, 2.05) is 18.2 Å². The van der Waals surface area contributed by atoms with E-state index in [4.69, 9.17) is 10.1 Å². The molecule has 0 radical (unpaired) electrons. The summed E-state index contributed by atoms with van der Waals surface area (Å²) in [5.74, 6) is 0. The molecule has 0 amide bonds. The molecule has 0 bridgehead atoms. The zero-order valence-electron chi connectivity index (χ0n) is 20.2. The smallest absolute Gasteiger partial charge is 0.0991 e. The van der Waals surface area contributed by atoms with Crippen LogP contribution >= 0.6 is 0 Å². The Morgan fingerprint density at radius 2 is 2.09 bits per heavy atom. The SMILES string of the molecule is C[C@@H]1CN(c2ccc(C#N)cc2/C=C\C=N)C[C@@H]2c3ccc(N4CCOC5CNCC54)cc3CN12. The normalized spacial score (nSPS) is 28.0. The van der Waals surface area contributed by atoms with Gasteiger partial charge in [0, 0.05) is 62.9 Å². The summed E-state index contributed by atoms with van der Waals surface area (Å²) in [6.45, 7) is 8.84. The Balaban J connectivity index is 1.28. The minimum absolute atomic E-state index is 0.292. The molecule has 0 aromatic heterocycles. The minimum Gasteiger partial charge on any atom is -0.373 e. The van der Waals surface area contributed by atoms with Gasteiger partial charge in [-0.15, -0.1) is 0 Å². The van der Waals surface area contributed by atoms with Gasteiger partial charge < -0.3 is 25.3 Å². The van der Waals surface area contributed by atoms with Gasteiger partial charge in [0.2, 0.25) is 0 Å². The van der Waals surface area contributed by atoms with E-state index in [0.29, 0.717) is 29.8 Å². The second-order valence-corrected chi connectivity index (χ2v) is 10.1. The molecule has 6 rings (SSSR count). The maximum atomic E-state index is 9.38. The number of nitrogens with zero attached hydrogens (tertiary/aromatic N) is 4. The van der Waals surface area contributed by atoms with Gasteiger partial charge in [0.15, 0.2) is 0 Å². The van der Waals surface area contributed by atoms with Gasteiger partial charge in [0.1, 0.15) is 0 Å². The Kier molecular flexibility index (Phi) is 5.81. The molecule has 4 atom stereocenters. The monoisotopic (exact) mass is 468 g/mol. The number of fused-ring (bicyclic) bond motifs is 4. The van der Waals surface area contributed by atoms with Crippen LogP contribution in [0.3, 0.4) is 0 Å². The average molecular weight is 469 g/mol. The number of nitrogens with one attached hydrogen (secondary N) is 2. The highest BCUT2D eigenvalue weighted by molar-refractivity contribution is 5.80. The Morgan fingerprint density at radius 3 is 2.94 bits per heavy atom. The van der Waals surface area contributed by atoms with Crippen LogP contribution < -0.4 is 15.1 Å². The molecule has 4 aliphatic heterocycles. The molecule has 0 aliphatic carbocycles. The van der Waals surface area contributed by atoms with E-state index in [-0.39, 0.29) is 0 Å². The number of allylic oxidation sites excluding steroid dienone is 1. The van der Waals surface area contributed by atoms with Crippen molar-refractivity contribution in [1.82, 2.24) is 10.2 Å². The predicted octanol–water partition coefficient (Wildman–Crippen LogP) is 3.16. The number of hydrogen-bond donors (Lipinski definition) is 2. The van der Waals surface area contributed by atoms with Gasteiger partial charge in [-0.05, 0) is 60.0 Å². The van der Waals surface area contributed by atoms with Crippen molar-refractivity contribution in [1.29, 1.82) is 10.7 Å². The molecule has 2 N–H and O–H groups in total. The summed E-state index contributed by atoms with van der Waals surface area (Å²) in [7, 11) is 0. The Bertz CT molecular complexity index is 1200. The van der Waals surface area contributed by atoms with Crippen molar-refractivity contribution in [2.24, 2.45) is 0 Å². The van der Waals surface area contributed by atoms with Crippen molar-refractivity contribution >= 4 is 23.7 Å². The maximum absolute atomic E-state index is 9.38.